The van der Waals surface area contributed by atoms with Gasteiger partial charge in [-0.25, -0.2) is 0 Å². The van der Waals surface area contributed by atoms with Crippen molar-refractivity contribution in [2.24, 2.45) is 39.7 Å². The number of oxime groups is 1. The molecule has 7 atom stereocenters. The maximum Gasteiger partial charge on any atom is 0.139 e. The highest BCUT2D eigenvalue weighted by Crippen LogP contribution is 2.65. The van der Waals surface area contributed by atoms with Gasteiger partial charge in [0, 0.05) is 11.8 Å². The summed E-state index contributed by atoms with van der Waals surface area (Å²) in [5, 5.41) is 23.5. The van der Waals surface area contributed by atoms with Crippen molar-refractivity contribution in [3.8, 4) is 0 Å². The van der Waals surface area contributed by atoms with Gasteiger partial charge in [0.05, 0.1) is 11.8 Å². The van der Waals surface area contributed by atoms with Crippen molar-refractivity contribution in [2.75, 3.05) is 0 Å². The number of carbonyl (C=O) groups is 1. The number of hydrogen-bond donors (Lipinski definition) is 2. The van der Waals surface area contributed by atoms with E-state index < -0.39 is 0 Å². The standard InChI is InChI=1S/C19H29NO3/c1-18-7-5-11(20-23)9-15(18)16(21)10-12-13-3-4-17(22)19(13,2)8-6-14(12)18/h12-16,21,23H,3-10H2,1-2H3/t12-,13-,14+,15?,16?,18+,19-/m0/s1. The molecule has 2 N–H and O–H groups in total. The summed E-state index contributed by atoms with van der Waals surface area (Å²) in [6.07, 6.45) is 7.00. The molecule has 0 aromatic carbocycles. The van der Waals surface area contributed by atoms with Crippen molar-refractivity contribution in [2.45, 2.75) is 71.3 Å². The molecule has 0 bridgehead atoms. The van der Waals surface area contributed by atoms with Gasteiger partial charge in [0.25, 0.3) is 0 Å². The third kappa shape index (κ3) is 2.00. The minimum atomic E-state index is -0.323. The first kappa shape index (κ1) is 15.6. The molecule has 0 radical (unpaired) electrons. The Labute approximate surface area is 138 Å². The van der Waals surface area contributed by atoms with Gasteiger partial charge in [-0.05, 0) is 74.0 Å². The van der Waals surface area contributed by atoms with Crippen molar-refractivity contribution in [1.82, 2.24) is 0 Å². The summed E-state index contributed by atoms with van der Waals surface area (Å²) >= 11 is 0. The molecular formula is C19H29NO3. The zero-order valence-electron chi connectivity index (χ0n) is 14.3. The van der Waals surface area contributed by atoms with Crippen molar-refractivity contribution >= 4 is 11.5 Å². The average molecular weight is 319 g/mol. The van der Waals surface area contributed by atoms with Gasteiger partial charge in [-0.1, -0.05) is 19.0 Å². The van der Waals surface area contributed by atoms with Gasteiger partial charge in [-0.3, -0.25) is 4.79 Å². The van der Waals surface area contributed by atoms with E-state index in [2.05, 4.69) is 19.0 Å². The predicted octanol–water partition coefficient (Wildman–Crippen LogP) is 3.40. The predicted molar refractivity (Wildman–Crippen MR) is 87.3 cm³/mol. The van der Waals surface area contributed by atoms with Crippen LogP contribution in [-0.4, -0.2) is 27.9 Å². The monoisotopic (exact) mass is 319 g/mol. The largest absolute Gasteiger partial charge is 0.411 e. The number of rotatable bonds is 0. The van der Waals surface area contributed by atoms with Gasteiger partial charge in [-0.2, -0.15) is 0 Å². The Bertz CT molecular complexity index is 559. The molecular weight excluding hydrogens is 290 g/mol. The maximum atomic E-state index is 12.4. The van der Waals surface area contributed by atoms with Crippen LogP contribution in [0.3, 0.4) is 0 Å². The Morgan fingerprint density at radius 2 is 1.87 bits per heavy atom. The number of Topliss-reactive ketones (excluding diaryl/α,β-unsaturated/α-hetero) is 1. The lowest BCUT2D eigenvalue weighted by atomic mass is 9.44. The number of aliphatic hydroxyl groups excluding tert-OH is 1. The summed E-state index contributed by atoms with van der Waals surface area (Å²) in [5.74, 6) is 2.24. The molecule has 0 amide bonds. The molecule has 0 aromatic rings. The van der Waals surface area contributed by atoms with E-state index in [0.717, 1.165) is 57.1 Å². The second kappa shape index (κ2) is 5.05. The number of hydrogen-bond acceptors (Lipinski definition) is 4. The van der Waals surface area contributed by atoms with Gasteiger partial charge in [0.2, 0.25) is 0 Å². The van der Waals surface area contributed by atoms with Crippen LogP contribution in [0.15, 0.2) is 5.16 Å². The first-order chi connectivity index (χ1) is 10.9. The van der Waals surface area contributed by atoms with E-state index in [1.807, 2.05) is 0 Å². The van der Waals surface area contributed by atoms with Crippen LogP contribution in [0.4, 0.5) is 0 Å². The van der Waals surface area contributed by atoms with E-state index in [-0.39, 0.29) is 22.9 Å². The van der Waals surface area contributed by atoms with E-state index >= 15 is 0 Å². The molecule has 0 aliphatic heterocycles. The van der Waals surface area contributed by atoms with Crippen molar-refractivity contribution < 1.29 is 15.1 Å². The van der Waals surface area contributed by atoms with Crippen molar-refractivity contribution in [3.63, 3.8) is 0 Å². The summed E-state index contributed by atoms with van der Waals surface area (Å²) in [7, 11) is 0. The molecule has 0 heterocycles. The minimum absolute atomic E-state index is 0.128. The summed E-state index contributed by atoms with van der Waals surface area (Å²) in [6, 6.07) is 0. The lowest BCUT2D eigenvalue weighted by Gasteiger charge is -2.60. The summed E-state index contributed by atoms with van der Waals surface area (Å²) in [5.41, 5.74) is 0.849. The molecule has 23 heavy (non-hydrogen) atoms. The molecule has 4 aliphatic rings. The molecule has 0 spiro atoms. The zero-order valence-corrected chi connectivity index (χ0v) is 14.3. The molecule has 4 aliphatic carbocycles. The highest BCUT2D eigenvalue weighted by Gasteiger charge is 2.61. The van der Waals surface area contributed by atoms with Crippen LogP contribution in [0, 0.1) is 34.5 Å². The Morgan fingerprint density at radius 3 is 2.61 bits per heavy atom. The first-order valence-corrected chi connectivity index (χ1v) is 9.31. The average Bonchev–Trinajstić information content (AvgIpc) is 2.83. The SMILES string of the molecule is C[C@]12CCC(=NO)CC1C(O)C[C@@H]1[C@H]2CC[C@]2(C)C(=O)CC[C@@H]12. The van der Waals surface area contributed by atoms with Crippen LogP contribution in [0.5, 0.6) is 0 Å². The van der Waals surface area contributed by atoms with Crippen molar-refractivity contribution in [1.29, 1.82) is 0 Å². The summed E-state index contributed by atoms with van der Waals surface area (Å²) in [4.78, 5) is 12.4. The summed E-state index contributed by atoms with van der Waals surface area (Å²) in [6.45, 7) is 4.53. The third-order valence-corrected chi connectivity index (χ3v) is 8.37. The number of ketones is 1. The van der Waals surface area contributed by atoms with E-state index in [1.165, 1.54) is 0 Å². The van der Waals surface area contributed by atoms with Crippen molar-refractivity contribution in [3.05, 3.63) is 0 Å². The Hall–Kier alpha value is -0.900. The smallest absolute Gasteiger partial charge is 0.139 e. The molecule has 4 rings (SSSR count). The van der Waals surface area contributed by atoms with E-state index in [9.17, 15) is 9.90 Å². The topological polar surface area (TPSA) is 69.9 Å². The van der Waals surface area contributed by atoms with Gasteiger partial charge >= 0.3 is 0 Å². The van der Waals surface area contributed by atoms with Crippen LogP contribution in [-0.2, 0) is 4.79 Å². The molecule has 4 nitrogen and oxygen atoms in total. The zero-order chi connectivity index (χ0) is 16.4. The lowest BCUT2D eigenvalue weighted by Crippen LogP contribution is -2.57. The maximum absolute atomic E-state index is 12.4. The van der Waals surface area contributed by atoms with Crippen LogP contribution >= 0.6 is 0 Å². The van der Waals surface area contributed by atoms with Gasteiger partial charge in [0.15, 0.2) is 0 Å². The highest BCUT2D eigenvalue weighted by molar-refractivity contribution is 5.87. The third-order valence-electron chi connectivity index (χ3n) is 8.37. The first-order valence-electron chi connectivity index (χ1n) is 9.31. The molecule has 4 fully saturated rings. The quantitative estimate of drug-likeness (QED) is 0.531. The van der Waals surface area contributed by atoms with Crippen LogP contribution < -0.4 is 0 Å². The molecule has 0 saturated heterocycles. The number of fused-ring (bicyclic) bond motifs is 5. The molecule has 128 valence electrons. The van der Waals surface area contributed by atoms with Crippen LogP contribution in [0.2, 0.25) is 0 Å². The second-order valence-corrected chi connectivity index (χ2v) is 9.08. The summed E-state index contributed by atoms with van der Waals surface area (Å²) < 4.78 is 0. The molecule has 2 unspecified atom stereocenters. The van der Waals surface area contributed by atoms with Gasteiger partial charge < -0.3 is 10.3 Å². The second-order valence-electron chi connectivity index (χ2n) is 9.08. The molecule has 4 heteroatoms. The van der Waals surface area contributed by atoms with Crippen LogP contribution in [0.1, 0.15) is 65.2 Å². The fourth-order valence-corrected chi connectivity index (χ4v) is 6.96. The number of nitrogens with zero attached hydrogens (tertiary/aromatic N) is 1. The molecule has 0 aromatic heterocycles. The van der Waals surface area contributed by atoms with E-state index in [0.29, 0.717) is 23.5 Å². The lowest BCUT2D eigenvalue weighted by molar-refractivity contribution is -0.153. The Balaban J connectivity index is 1.67. The highest BCUT2D eigenvalue weighted by atomic mass is 16.4. The van der Waals surface area contributed by atoms with Gasteiger partial charge in [0.1, 0.15) is 5.78 Å². The number of carbonyl (C=O) groups excluding carboxylic acids is 1. The normalized spacial score (nSPS) is 54.5. The Morgan fingerprint density at radius 1 is 1.09 bits per heavy atom. The molecule has 4 saturated carbocycles. The van der Waals surface area contributed by atoms with Crippen LogP contribution in [0.25, 0.3) is 0 Å². The minimum Gasteiger partial charge on any atom is -0.411 e. The van der Waals surface area contributed by atoms with Gasteiger partial charge in [-0.15, -0.1) is 0 Å². The van der Waals surface area contributed by atoms with E-state index in [1.54, 1.807) is 0 Å². The Kier molecular flexibility index (Phi) is 3.43. The van der Waals surface area contributed by atoms with E-state index in [4.69, 9.17) is 5.21 Å². The number of aliphatic hydroxyl groups is 1. The fourth-order valence-electron chi connectivity index (χ4n) is 6.96. The fraction of sp³-hybridized carbons (Fsp3) is 0.895.